The predicted octanol–water partition coefficient (Wildman–Crippen LogP) is 2.69. The smallest absolute Gasteiger partial charge is 0.319 e. The molecule has 0 spiro atoms. The SMILES string of the molecule is COC(=O)[C@@]1(C)C(=O)C=C[C@]2(C)c3c(O)cc(C(C)C)cc3[C@H](O)[C@@H](OC(C)=O)C12. The fraction of sp³-hybridized carbons (Fsp3) is 0.522. The molecular weight excluding hydrogens is 388 g/mol. The summed E-state index contributed by atoms with van der Waals surface area (Å²) in [6, 6.07) is 3.41. The Hall–Kier alpha value is -2.67. The molecule has 0 fully saturated rings. The first-order valence-electron chi connectivity index (χ1n) is 9.94. The Kier molecular flexibility index (Phi) is 5.31. The van der Waals surface area contributed by atoms with Crippen LogP contribution in [0.25, 0.3) is 0 Å². The third kappa shape index (κ3) is 2.95. The Bertz CT molecular complexity index is 947. The quantitative estimate of drug-likeness (QED) is 0.576. The van der Waals surface area contributed by atoms with Gasteiger partial charge in [-0.2, -0.15) is 0 Å². The number of esters is 2. The largest absolute Gasteiger partial charge is 0.508 e. The van der Waals surface area contributed by atoms with Gasteiger partial charge in [0.15, 0.2) is 5.78 Å². The molecule has 5 atom stereocenters. The van der Waals surface area contributed by atoms with Gasteiger partial charge in [-0.1, -0.05) is 32.9 Å². The number of phenols is 1. The van der Waals surface area contributed by atoms with E-state index in [-0.39, 0.29) is 11.7 Å². The summed E-state index contributed by atoms with van der Waals surface area (Å²) in [4.78, 5) is 37.7. The van der Waals surface area contributed by atoms with Gasteiger partial charge in [0.1, 0.15) is 23.4 Å². The molecule has 2 N–H and O–H groups in total. The normalized spacial score (nSPS) is 32.4. The number of hydrogen-bond donors (Lipinski definition) is 2. The molecule has 162 valence electrons. The molecule has 2 aliphatic rings. The van der Waals surface area contributed by atoms with Crippen LogP contribution in [0.3, 0.4) is 0 Å². The van der Waals surface area contributed by atoms with Crippen LogP contribution in [0.1, 0.15) is 63.3 Å². The molecule has 1 aromatic carbocycles. The average Bonchev–Trinajstić information content (AvgIpc) is 2.67. The van der Waals surface area contributed by atoms with E-state index in [0.29, 0.717) is 11.1 Å². The number of carbonyl (C=O) groups is 3. The highest BCUT2D eigenvalue weighted by molar-refractivity contribution is 6.10. The van der Waals surface area contributed by atoms with Crippen LogP contribution in [0, 0.1) is 11.3 Å². The maximum atomic E-state index is 12.9. The number of aliphatic hydroxyl groups excluding tert-OH is 1. The van der Waals surface area contributed by atoms with E-state index in [2.05, 4.69) is 0 Å². The van der Waals surface area contributed by atoms with Crippen molar-refractivity contribution < 1.29 is 34.1 Å². The highest BCUT2D eigenvalue weighted by Gasteiger charge is 2.65. The number of rotatable bonds is 3. The Morgan fingerprint density at radius 2 is 1.83 bits per heavy atom. The zero-order valence-corrected chi connectivity index (χ0v) is 18.1. The van der Waals surface area contributed by atoms with Crippen molar-refractivity contribution in [1.82, 2.24) is 0 Å². The molecule has 0 heterocycles. The van der Waals surface area contributed by atoms with E-state index in [9.17, 15) is 24.6 Å². The zero-order valence-electron chi connectivity index (χ0n) is 18.1. The van der Waals surface area contributed by atoms with Gasteiger partial charge >= 0.3 is 11.9 Å². The first-order chi connectivity index (χ1) is 13.9. The number of fused-ring (bicyclic) bond motifs is 3. The van der Waals surface area contributed by atoms with E-state index >= 15 is 0 Å². The fourth-order valence-electron chi connectivity index (χ4n) is 5.13. The van der Waals surface area contributed by atoms with Gasteiger partial charge in [-0.25, -0.2) is 0 Å². The number of aromatic hydroxyl groups is 1. The van der Waals surface area contributed by atoms with Gasteiger partial charge in [-0.3, -0.25) is 14.4 Å². The summed E-state index contributed by atoms with van der Waals surface area (Å²) in [5, 5.41) is 22.2. The molecule has 0 amide bonds. The van der Waals surface area contributed by atoms with Gasteiger partial charge in [-0.15, -0.1) is 0 Å². The van der Waals surface area contributed by atoms with E-state index in [1.807, 2.05) is 13.8 Å². The van der Waals surface area contributed by atoms with Crippen molar-refractivity contribution in [2.75, 3.05) is 7.11 Å². The minimum atomic E-state index is -1.72. The maximum absolute atomic E-state index is 12.9. The minimum Gasteiger partial charge on any atom is -0.508 e. The topological polar surface area (TPSA) is 110 Å². The standard InChI is InChI=1S/C23H28O7/c1-11(2)13-9-14-17(15(25)10-13)22(4)8-7-16(26)23(5,21(28)29-6)20(22)19(18(14)27)30-12(3)24/h7-11,18-20,25,27H,1-6H3/t18-,19+,20?,22+,23-/m0/s1. The molecule has 0 radical (unpaired) electrons. The molecule has 2 aliphatic carbocycles. The van der Waals surface area contributed by atoms with Crippen molar-refractivity contribution in [2.45, 2.75) is 58.2 Å². The summed E-state index contributed by atoms with van der Waals surface area (Å²) >= 11 is 0. The van der Waals surface area contributed by atoms with Crippen LogP contribution in [0.4, 0.5) is 0 Å². The van der Waals surface area contributed by atoms with E-state index in [1.54, 1.807) is 25.1 Å². The molecule has 0 aromatic heterocycles. The van der Waals surface area contributed by atoms with Crippen LogP contribution in [-0.2, 0) is 29.3 Å². The van der Waals surface area contributed by atoms with E-state index in [4.69, 9.17) is 9.47 Å². The Morgan fingerprint density at radius 3 is 2.37 bits per heavy atom. The van der Waals surface area contributed by atoms with Crippen LogP contribution in [0.5, 0.6) is 5.75 Å². The second-order valence-electron chi connectivity index (χ2n) is 8.83. The second kappa shape index (κ2) is 7.23. The van der Waals surface area contributed by atoms with Crippen molar-refractivity contribution in [1.29, 1.82) is 0 Å². The number of methoxy groups -OCH3 is 1. The summed E-state index contributed by atoms with van der Waals surface area (Å²) in [5.74, 6) is -2.91. The third-order valence-electron chi connectivity index (χ3n) is 6.61. The first-order valence-corrected chi connectivity index (χ1v) is 9.94. The molecule has 3 rings (SSSR count). The van der Waals surface area contributed by atoms with Gasteiger partial charge in [0.2, 0.25) is 0 Å². The van der Waals surface area contributed by atoms with Gasteiger partial charge in [-0.05, 0) is 36.1 Å². The summed E-state index contributed by atoms with van der Waals surface area (Å²) in [7, 11) is 1.18. The van der Waals surface area contributed by atoms with Gasteiger partial charge in [0.05, 0.1) is 7.11 Å². The molecular formula is C23H28O7. The third-order valence-corrected chi connectivity index (χ3v) is 6.61. The number of allylic oxidation sites excluding steroid dienone is 2. The van der Waals surface area contributed by atoms with Crippen molar-refractivity contribution >= 4 is 17.7 Å². The van der Waals surface area contributed by atoms with Crippen LogP contribution < -0.4 is 0 Å². The Balaban J connectivity index is 2.39. The summed E-state index contributed by atoms with van der Waals surface area (Å²) in [5.41, 5.74) is -1.17. The van der Waals surface area contributed by atoms with Gasteiger partial charge in [0.25, 0.3) is 0 Å². The zero-order chi connectivity index (χ0) is 22.6. The Morgan fingerprint density at radius 1 is 1.20 bits per heavy atom. The molecule has 0 saturated heterocycles. The van der Waals surface area contributed by atoms with Crippen LogP contribution in [0.2, 0.25) is 0 Å². The first kappa shape index (κ1) is 22.0. The van der Waals surface area contributed by atoms with Crippen molar-refractivity contribution in [3.63, 3.8) is 0 Å². The van der Waals surface area contributed by atoms with Crippen LogP contribution in [0.15, 0.2) is 24.3 Å². The second-order valence-corrected chi connectivity index (χ2v) is 8.83. The van der Waals surface area contributed by atoms with Gasteiger partial charge < -0.3 is 19.7 Å². The molecule has 0 bridgehead atoms. The summed E-state index contributed by atoms with van der Waals surface area (Å²) in [6.45, 7) is 8.31. The number of phenolic OH excluding ortho intramolecular Hbond substituents is 1. The van der Waals surface area contributed by atoms with Crippen molar-refractivity contribution in [3.05, 3.63) is 41.0 Å². The molecule has 1 aromatic rings. The van der Waals surface area contributed by atoms with E-state index < -0.39 is 46.7 Å². The number of ether oxygens (including phenoxy) is 2. The molecule has 0 saturated carbocycles. The average molecular weight is 416 g/mol. The van der Waals surface area contributed by atoms with Crippen molar-refractivity contribution in [2.24, 2.45) is 11.3 Å². The number of ketones is 1. The van der Waals surface area contributed by atoms with E-state index in [0.717, 1.165) is 5.56 Å². The van der Waals surface area contributed by atoms with E-state index in [1.165, 1.54) is 27.0 Å². The molecule has 0 aliphatic heterocycles. The lowest BCUT2D eigenvalue weighted by atomic mass is 9.50. The minimum absolute atomic E-state index is 0.0461. The lowest BCUT2D eigenvalue weighted by Gasteiger charge is -2.54. The Labute approximate surface area is 175 Å². The molecule has 7 nitrogen and oxygen atoms in total. The number of benzene rings is 1. The van der Waals surface area contributed by atoms with Crippen LogP contribution in [-0.4, -0.2) is 41.1 Å². The van der Waals surface area contributed by atoms with Gasteiger partial charge in [0, 0.05) is 23.8 Å². The molecule has 1 unspecified atom stereocenters. The predicted molar refractivity (Wildman–Crippen MR) is 108 cm³/mol. The lowest BCUT2D eigenvalue weighted by molar-refractivity contribution is -0.183. The number of aliphatic hydroxyl groups is 1. The van der Waals surface area contributed by atoms with Crippen molar-refractivity contribution in [3.8, 4) is 5.75 Å². The monoisotopic (exact) mass is 416 g/mol. The maximum Gasteiger partial charge on any atom is 0.319 e. The highest BCUT2D eigenvalue weighted by atomic mass is 16.6. The van der Waals surface area contributed by atoms with Crippen LogP contribution >= 0.6 is 0 Å². The molecule has 7 heteroatoms. The number of carbonyl (C=O) groups excluding carboxylic acids is 3. The summed E-state index contributed by atoms with van der Waals surface area (Å²) in [6.07, 6.45) is 0.380. The fourth-order valence-corrected chi connectivity index (χ4v) is 5.13. The highest BCUT2D eigenvalue weighted by Crippen LogP contribution is 2.59. The summed E-state index contributed by atoms with van der Waals surface area (Å²) < 4.78 is 10.4. The lowest BCUT2D eigenvalue weighted by Crippen LogP contribution is -2.61. The number of hydrogen-bond acceptors (Lipinski definition) is 7. The molecule has 30 heavy (non-hydrogen) atoms.